The minimum Gasteiger partial charge on any atom is -0.372 e. The number of likely N-dealkylation sites (tertiary alicyclic amines) is 1. The Morgan fingerprint density at radius 2 is 1.64 bits per heavy atom. The van der Waals surface area contributed by atoms with E-state index in [0.29, 0.717) is 17.2 Å². The van der Waals surface area contributed by atoms with Crippen molar-refractivity contribution >= 4 is 0 Å². The van der Waals surface area contributed by atoms with Gasteiger partial charge >= 0.3 is 0 Å². The second-order valence-corrected chi connectivity index (χ2v) is 6.04. The maximum absolute atomic E-state index is 5.36. The zero-order valence-electron chi connectivity index (χ0n) is 9.97. The number of epoxide rings is 1. The molecular formula is C12H23NO. The Morgan fingerprint density at radius 3 is 2.07 bits per heavy atom. The van der Waals surface area contributed by atoms with Crippen molar-refractivity contribution in [2.24, 2.45) is 0 Å². The monoisotopic (exact) mass is 197 g/mol. The Bertz CT molecular complexity index is 202. The summed E-state index contributed by atoms with van der Waals surface area (Å²) in [6.45, 7) is 11.6. The second-order valence-electron chi connectivity index (χ2n) is 6.04. The van der Waals surface area contributed by atoms with E-state index in [2.05, 4.69) is 32.6 Å². The van der Waals surface area contributed by atoms with Gasteiger partial charge in [-0.3, -0.25) is 4.90 Å². The van der Waals surface area contributed by atoms with Crippen LogP contribution in [-0.4, -0.2) is 35.2 Å². The van der Waals surface area contributed by atoms with E-state index in [1.807, 2.05) is 0 Å². The van der Waals surface area contributed by atoms with Gasteiger partial charge in [-0.05, 0) is 47.0 Å². The largest absolute Gasteiger partial charge is 0.372 e. The van der Waals surface area contributed by atoms with Crippen molar-refractivity contribution in [3.63, 3.8) is 0 Å². The fraction of sp³-hybridized carbons (Fsp3) is 1.00. The number of nitrogens with zero attached hydrogens (tertiary/aromatic N) is 1. The summed E-state index contributed by atoms with van der Waals surface area (Å²) in [6.07, 6.45) is 4.53. The van der Waals surface area contributed by atoms with Crippen molar-refractivity contribution in [2.45, 2.75) is 64.1 Å². The molecule has 0 amide bonds. The van der Waals surface area contributed by atoms with Crippen LogP contribution >= 0.6 is 0 Å². The summed E-state index contributed by atoms with van der Waals surface area (Å²) in [5, 5.41) is 0. The molecule has 0 aromatic heterocycles. The fourth-order valence-electron chi connectivity index (χ4n) is 2.91. The highest BCUT2D eigenvalue weighted by molar-refractivity contribution is 4.98. The van der Waals surface area contributed by atoms with Gasteiger partial charge in [-0.1, -0.05) is 0 Å². The lowest BCUT2D eigenvalue weighted by Gasteiger charge is -2.53. The average molecular weight is 197 g/mol. The van der Waals surface area contributed by atoms with E-state index >= 15 is 0 Å². The van der Waals surface area contributed by atoms with Crippen LogP contribution in [0.4, 0.5) is 0 Å². The van der Waals surface area contributed by atoms with Crippen molar-refractivity contribution in [3.05, 3.63) is 0 Å². The number of piperidine rings is 1. The topological polar surface area (TPSA) is 15.8 Å². The van der Waals surface area contributed by atoms with Crippen molar-refractivity contribution in [3.8, 4) is 0 Å². The van der Waals surface area contributed by atoms with Gasteiger partial charge in [-0.2, -0.15) is 0 Å². The van der Waals surface area contributed by atoms with Crippen molar-refractivity contribution in [2.75, 3.05) is 13.2 Å². The smallest absolute Gasteiger partial charge is 0.0936 e. The third-order valence-electron chi connectivity index (χ3n) is 3.83. The van der Waals surface area contributed by atoms with Crippen molar-refractivity contribution in [1.29, 1.82) is 0 Å². The number of hydrogen-bond donors (Lipinski definition) is 0. The van der Waals surface area contributed by atoms with Gasteiger partial charge in [0.2, 0.25) is 0 Å². The zero-order valence-corrected chi connectivity index (χ0v) is 9.97. The number of rotatable bonds is 2. The molecule has 0 saturated carbocycles. The van der Waals surface area contributed by atoms with Crippen LogP contribution in [0.25, 0.3) is 0 Å². The van der Waals surface area contributed by atoms with Gasteiger partial charge < -0.3 is 4.74 Å². The number of ether oxygens (including phenoxy) is 1. The van der Waals surface area contributed by atoms with Crippen LogP contribution in [0, 0.1) is 0 Å². The minimum absolute atomic E-state index is 0.355. The minimum atomic E-state index is 0.355. The van der Waals surface area contributed by atoms with Crippen LogP contribution in [0.5, 0.6) is 0 Å². The lowest BCUT2D eigenvalue weighted by molar-refractivity contribution is -0.0308. The van der Waals surface area contributed by atoms with Crippen molar-refractivity contribution in [1.82, 2.24) is 4.90 Å². The van der Waals surface area contributed by atoms with Gasteiger partial charge in [-0.15, -0.1) is 0 Å². The molecule has 2 rings (SSSR count). The van der Waals surface area contributed by atoms with Gasteiger partial charge in [0, 0.05) is 17.6 Å². The lowest BCUT2D eigenvalue weighted by atomic mass is 9.80. The molecule has 0 N–H and O–H groups in total. The maximum atomic E-state index is 5.36. The fourth-order valence-corrected chi connectivity index (χ4v) is 2.91. The molecule has 1 atom stereocenters. The Morgan fingerprint density at radius 1 is 1.14 bits per heavy atom. The van der Waals surface area contributed by atoms with E-state index < -0.39 is 0 Å². The normalized spacial score (nSPS) is 35.6. The summed E-state index contributed by atoms with van der Waals surface area (Å²) in [7, 11) is 0. The molecule has 0 aliphatic carbocycles. The molecule has 0 aromatic rings. The van der Waals surface area contributed by atoms with Crippen LogP contribution in [0.2, 0.25) is 0 Å². The van der Waals surface area contributed by atoms with E-state index in [4.69, 9.17) is 4.74 Å². The lowest BCUT2D eigenvalue weighted by Crippen LogP contribution is -2.59. The van der Waals surface area contributed by atoms with E-state index in [1.54, 1.807) is 0 Å². The molecule has 0 unspecified atom stereocenters. The predicted molar refractivity (Wildman–Crippen MR) is 58.5 cm³/mol. The summed E-state index contributed by atoms with van der Waals surface area (Å²) in [5.74, 6) is 0. The summed E-state index contributed by atoms with van der Waals surface area (Å²) < 4.78 is 5.36. The summed E-state index contributed by atoms with van der Waals surface area (Å²) >= 11 is 0. The standard InChI is InChI=1S/C12H23NO/c1-11(2)6-5-7-12(3,4)13(11)8-10-9-14-10/h10H,5-9H2,1-4H3/t10-/m0/s1. The molecule has 2 saturated heterocycles. The molecule has 0 bridgehead atoms. The molecule has 2 nitrogen and oxygen atoms in total. The van der Waals surface area contributed by atoms with Crippen LogP contribution in [-0.2, 0) is 4.74 Å². The van der Waals surface area contributed by atoms with E-state index in [-0.39, 0.29) is 0 Å². The average Bonchev–Trinajstić information content (AvgIpc) is 2.79. The summed E-state index contributed by atoms with van der Waals surface area (Å²) in [6, 6.07) is 0. The van der Waals surface area contributed by atoms with E-state index in [1.165, 1.54) is 19.3 Å². The molecule has 14 heavy (non-hydrogen) atoms. The van der Waals surface area contributed by atoms with E-state index in [9.17, 15) is 0 Å². The first-order chi connectivity index (χ1) is 6.42. The van der Waals surface area contributed by atoms with Gasteiger partial charge in [0.1, 0.15) is 0 Å². The summed E-state index contributed by atoms with van der Waals surface area (Å²) in [5.41, 5.74) is 0.710. The van der Waals surface area contributed by atoms with Crippen LogP contribution in [0.15, 0.2) is 0 Å². The van der Waals surface area contributed by atoms with Crippen LogP contribution < -0.4 is 0 Å². The van der Waals surface area contributed by atoms with Gasteiger partial charge in [0.05, 0.1) is 12.7 Å². The Kier molecular flexibility index (Phi) is 2.39. The van der Waals surface area contributed by atoms with Gasteiger partial charge in [-0.25, -0.2) is 0 Å². The molecule has 2 aliphatic rings. The van der Waals surface area contributed by atoms with Crippen LogP contribution in [0.3, 0.4) is 0 Å². The molecule has 2 fully saturated rings. The molecule has 0 aromatic carbocycles. The molecule has 2 heterocycles. The molecule has 82 valence electrons. The molecule has 0 spiro atoms. The third kappa shape index (κ3) is 1.96. The highest BCUT2D eigenvalue weighted by Crippen LogP contribution is 2.38. The highest BCUT2D eigenvalue weighted by Gasteiger charge is 2.43. The van der Waals surface area contributed by atoms with E-state index in [0.717, 1.165) is 13.2 Å². The highest BCUT2D eigenvalue weighted by atomic mass is 16.6. The quantitative estimate of drug-likeness (QED) is 0.632. The van der Waals surface area contributed by atoms with Gasteiger partial charge in [0.25, 0.3) is 0 Å². The zero-order chi connectivity index (χ0) is 10.4. The second kappa shape index (κ2) is 3.21. The molecule has 2 heteroatoms. The molecule has 2 aliphatic heterocycles. The predicted octanol–water partition coefficient (Wildman–Crippen LogP) is 2.43. The van der Waals surface area contributed by atoms with Crippen LogP contribution in [0.1, 0.15) is 47.0 Å². The number of hydrogen-bond acceptors (Lipinski definition) is 2. The first-order valence-corrected chi connectivity index (χ1v) is 5.81. The molecule has 0 radical (unpaired) electrons. The van der Waals surface area contributed by atoms with Crippen molar-refractivity contribution < 1.29 is 4.74 Å². The third-order valence-corrected chi connectivity index (χ3v) is 3.83. The first kappa shape index (κ1) is 10.4. The Balaban J connectivity index is 2.10. The summed E-state index contributed by atoms with van der Waals surface area (Å²) in [4.78, 5) is 2.65. The molecular weight excluding hydrogens is 174 g/mol. The Hall–Kier alpha value is -0.0800. The maximum Gasteiger partial charge on any atom is 0.0936 e. The first-order valence-electron chi connectivity index (χ1n) is 5.81. The van der Waals surface area contributed by atoms with Gasteiger partial charge in [0.15, 0.2) is 0 Å². The SMILES string of the molecule is CC1(C)CCCC(C)(C)N1C[C@H]1CO1. The Labute approximate surface area is 87.6 Å².